The van der Waals surface area contributed by atoms with E-state index in [4.69, 9.17) is 4.74 Å². The predicted molar refractivity (Wildman–Crippen MR) is 163 cm³/mol. The smallest absolute Gasteiger partial charge is 0.330 e. The van der Waals surface area contributed by atoms with Crippen LogP contribution in [-0.4, -0.2) is 22.5 Å². The molecule has 3 aromatic carbocycles. The van der Waals surface area contributed by atoms with Crippen LogP contribution in [0, 0.1) is 5.82 Å². The maximum absolute atomic E-state index is 14.1. The van der Waals surface area contributed by atoms with Gasteiger partial charge in [0.1, 0.15) is 11.9 Å². The first kappa shape index (κ1) is 29.3. The number of aromatic nitrogens is 1. The maximum atomic E-state index is 14.1. The molecule has 0 aliphatic rings. The van der Waals surface area contributed by atoms with E-state index >= 15 is 0 Å². The fourth-order valence-corrected chi connectivity index (χ4v) is 5.10. The van der Waals surface area contributed by atoms with Gasteiger partial charge in [0.2, 0.25) is 0 Å². The highest BCUT2D eigenvalue weighted by atomic mass is 19.1. The van der Waals surface area contributed by atoms with Gasteiger partial charge in [0.25, 0.3) is 5.91 Å². The number of esters is 1. The number of rotatable bonds is 12. The van der Waals surface area contributed by atoms with Gasteiger partial charge >= 0.3 is 5.97 Å². The number of para-hydroxylation sites is 1. The summed E-state index contributed by atoms with van der Waals surface area (Å²) in [7, 11) is 0. The first-order chi connectivity index (χ1) is 19.8. The van der Waals surface area contributed by atoms with E-state index in [1.165, 1.54) is 12.1 Å². The van der Waals surface area contributed by atoms with E-state index in [0.29, 0.717) is 30.6 Å². The molecule has 0 bridgehead atoms. The third-order valence-corrected chi connectivity index (χ3v) is 6.84. The van der Waals surface area contributed by atoms with Crippen molar-refractivity contribution in [1.82, 2.24) is 4.57 Å². The average Bonchev–Trinajstić information content (AvgIpc) is 3.33. The molecule has 1 aromatic heterocycles. The van der Waals surface area contributed by atoms with Crippen LogP contribution in [0.3, 0.4) is 0 Å². The number of anilines is 1. The Morgan fingerprint density at radius 1 is 0.927 bits per heavy atom. The van der Waals surface area contributed by atoms with Gasteiger partial charge < -0.3 is 14.6 Å². The van der Waals surface area contributed by atoms with E-state index in [1.54, 1.807) is 18.2 Å². The number of nitrogens with zero attached hydrogens (tertiary/aromatic N) is 1. The predicted octanol–water partition coefficient (Wildman–Crippen LogP) is 8.40. The highest BCUT2D eigenvalue weighted by Gasteiger charge is 2.31. The molecule has 0 saturated heterocycles. The number of halogens is 1. The number of nitrogens with one attached hydrogen (secondary N) is 1. The zero-order chi connectivity index (χ0) is 29.4. The Morgan fingerprint density at radius 3 is 2.15 bits per heavy atom. The molecule has 1 amide bonds. The molecule has 4 aromatic rings. The van der Waals surface area contributed by atoms with E-state index in [1.807, 2.05) is 74.5 Å². The van der Waals surface area contributed by atoms with Crippen LogP contribution in [0.15, 0.2) is 110 Å². The molecular formula is C35H35FN2O3. The Hall–Kier alpha value is -4.71. The van der Waals surface area contributed by atoms with Crippen molar-refractivity contribution in [1.29, 1.82) is 0 Å². The summed E-state index contributed by atoms with van der Waals surface area (Å²) in [5.74, 6) is -1.12. The van der Waals surface area contributed by atoms with Crippen molar-refractivity contribution in [3.05, 3.63) is 127 Å². The number of amides is 1. The minimum absolute atomic E-state index is 0.0447. The fraction of sp³-hybridized carbons (Fsp3) is 0.200. The van der Waals surface area contributed by atoms with Crippen molar-refractivity contribution in [3.8, 4) is 22.4 Å². The number of benzene rings is 3. The Bertz CT molecular complexity index is 1510. The van der Waals surface area contributed by atoms with Crippen molar-refractivity contribution in [2.75, 3.05) is 5.32 Å². The van der Waals surface area contributed by atoms with Gasteiger partial charge in [0.05, 0.1) is 11.3 Å². The molecule has 210 valence electrons. The molecule has 6 heteroatoms. The lowest BCUT2D eigenvalue weighted by atomic mass is 9.94. The molecule has 0 fully saturated rings. The van der Waals surface area contributed by atoms with Crippen LogP contribution < -0.4 is 5.32 Å². The molecule has 0 aliphatic heterocycles. The lowest BCUT2D eigenvalue weighted by Gasteiger charge is -2.21. The van der Waals surface area contributed by atoms with Crippen molar-refractivity contribution in [3.63, 3.8) is 0 Å². The molecule has 0 aliphatic carbocycles. The summed E-state index contributed by atoms with van der Waals surface area (Å²) in [5, 5.41) is 3.08. The monoisotopic (exact) mass is 550 g/mol. The Morgan fingerprint density at radius 2 is 1.56 bits per heavy atom. The first-order valence-corrected chi connectivity index (χ1v) is 13.7. The van der Waals surface area contributed by atoms with Crippen LogP contribution in [0.2, 0.25) is 0 Å². The average molecular weight is 551 g/mol. The van der Waals surface area contributed by atoms with E-state index in [-0.39, 0.29) is 17.6 Å². The zero-order valence-corrected chi connectivity index (χ0v) is 23.5. The van der Waals surface area contributed by atoms with Crippen molar-refractivity contribution in [2.45, 2.75) is 45.3 Å². The molecule has 1 heterocycles. The summed E-state index contributed by atoms with van der Waals surface area (Å²) in [5.41, 5.74) is 5.27. The van der Waals surface area contributed by atoms with E-state index < -0.39 is 12.1 Å². The molecule has 1 N–H and O–H groups in total. The summed E-state index contributed by atoms with van der Waals surface area (Å²) in [6.45, 7) is 11.9. The number of ether oxygens (including phenoxy) is 1. The van der Waals surface area contributed by atoms with Crippen LogP contribution >= 0.6 is 0 Å². The molecule has 0 spiro atoms. The van der Waals surface area contributed by atoms with Gasteiger partial charge in [-0.3, -0.25) is 4.79 Å². The largest absolute Gasteiger partial charge is 0.459 e. The van der Waals surface area contributed by atoms with Gasteiger partial charge in [-0.25, -0.2) is 9.18 Å². The number of carbonyl (C=O) groups is 2. The molecule has 0 saturated carbocycles. The van der Waals surface area contributed by atoms with Crippen molar-refractivity contribution in [2.24, 2.45) is 0 Å². The van der Waals surface area contributed by atoms with Gasteiger partial charge in [-0.15, -0.1) is 6.58 Å². The van der Waals surface area contributed by atoms with Gasteiger partial charge in [-0.2, -0.15) is 0 Å². The summed E-state index contributed by atoms with van der Waals surface area (Å²) >= 11 is 0. The Balaban J connectivity index is 1.96. The molecule has 0 unspecified atom stereocenters. The van der Waals surface area contributed by atoms with Crippen LogP contribution in [0.4, 0.5) is 10.1 Å². The van der Waals surface area contributed by atoms with Crippen LogP contribution in [-0.2, 0) is 16.1 Å². The second-order valence-electron chi connectivity index (χ2n) is 10.1. The van der Waals surface area contributed by atoms with Gasteiger partial charge in [0.15, 0.2) is 0 Å². The van der Waals surface area contributed by atoms with Crippen LogP contribution in [0.5, 0.6) is 0 Å². The fourth-order valence-electron chi connectivity index (χ4n) is 5.10. The standard InChI is InChI=1S/C35H35FN2O3/c1-5-13-29(41-30(39)6-2)22-23-38-33(24(3)4)32(35(40)37-28-16-11-8-12-17-28)31(25-14-9-7-10-15-25)34(38)26-18-20-27(36)21-19-26/h5-12,14-21,24,29H,1-2,13,22-23H2,3-4H3,(H,37,40)/t29-/m0/s1. The van der Waals surface area contributed by atoms with E-state index in [0.717, 1.165) is 34.2 Å². The normalized spacial score (nSPS) is 11.6. The first-order valence-electron chi connectivity index (χ1n) is 13.7. The van der Waals surface area contributed by atoms with Gasteiger partial charge in [-0.1, -0.05) is 75.0 Å². The van der Waals surface area contributed by atoms with Crippen LogP contribution in [0.25, 0.3) is 22.4 Å². The highest BCUT2D eigenvalue weighted by Crippen LogP contribution is 2.42. The van der Waals surface area contributed by atoms with Crippen molar-refractivity contribution < 1.29 is 18.7 Å². The maximum Gasteiger partial charge on any atom is 0.330 e. The van der Waals surface area contributed by atoms with E-state index in [2.05, 4.69) is 23.0 Å². The number of carbonyl (C=O) groups excluding carboxylic acids is 2. The molecule has 1 atom stereocenters. The van der Waals surface area contributed by atoms with Crippen molar-refractivity contribution >= 4 is 17.6 Å². The number of hydrogen-bond acceptors (Lipinski definition) is 3. The summed E-state index contributed by atoms with van der Waals surface area (Å²) in [6, 6.07) is 25.4. The third-order valence-electron chi connectivity index (χ3n) is 6.84. The molecule has 0 radical (unpaired) electrons. The highest BCUT2D eigenvalue weighted by molar-refractivity contribution is 6.12. The minimum Gasteiger partial charge on any atom is -0.459 e. The molecule has 4 rings (SSSR count). The molecule has 5 nitrogen and oxygen atoms in total. The molecule has 41 heavy (non-hydrogen) atoms. The quantitative estimate of drug-likeness (QED) is 0.109. The SMILES string of the molecule is C=CC[C@@H](CCn1c(-c2ccc(F)cc2)c(-c2ccccc2)c(C(=O)Nc2ccccc2)c1C(C)C)OC(=O)C=C. The Kier molecular flexibility index (Phi) is 9.69. The minimum atomic E-state index is -0.500. The summed E-state index contributed by atoms with van der Waals surface area (Å²) < 4.78 is 21.8. The van der Waals surface area contributed by atoms with Gasteiger partial charge in [0, 0.05) is 42.4 Å². The lowest BCUT2D eigenvalue weighted by molar-refractivity contribution is -0.143. The van der Waals surface area contributed by atoms with Gasteiger partial charge in [-0.05, 0) is 53.4 Å². The summed E-state index contributed by atoms with van der Waals surface area (Å²) in [6.07, 6.45) is 3.38. The topological polar surface area (TPSA) is 60.3 Å². The second-order valence-corrected chi connectivity index (χ2v) is 10.1. The lowest BCUT2D eigenvalue weighted by Crippen LogP contribution is -2.20. The Labute approximate surface area is 241 Å². The second kappa shape index (κ2) is 13.6. The summed E-state index contributed by atoms with van der Waals surface area (Å²) in [4.78, 5) is 26.2. The number of hydrogen-bond donors (Lipinski definition) is 1. The zero-order valence-electron chi connectivity index (χ0n) is 23.5. The third kappa shape index (κ3) is 6.90. The van der Waals surface area contributed by atoms with Crippen LogP contribution in [0.1, 0.15) is 48.7 Å². The van der Waals surface area contributed by atoms with E-state index in [9.17, 15) is 14.0 Å². The molecular weight excluding hydrogens is 515 g/mol.